The van der Waals surface area contributed by atoms with Gasteiger partial charge in [0, 0.05) is 12.5 Å². The van der Waals surface area contributed by atoms with E-state index in [2.05, 4.69) is 0 Å². The average molecular weight is 329 g/mol. The van der Waals surface area contributed by atoms with E-state index >= 15 is 0 Å². The number of carbonyl (C=O) groups excluding carboxylic acids is 3. The van der Waals surface area contributed by atoms with Gasteiger partial charge >= 0.3 is 11.9 Å². The highest BCUT2D eigenvalue weighted by atomic mass is 28.3. The van der Waals surface area contributed by atoms with E-state index in [9.17, 15) is 14.4 Å². The molecule has 1 aliphatic heterocycles. The van der Waals surface area contributed by atoms with Gasteiger partial charge < -0.3 is 14.0 Å². The Morgan fingerprint density at radius 2 is 1.68 bits per heavy atom. The molecule has 7 heteroatoms. The van der Waals surface area contributed by atoms with E-state index in [1.807, 2.05) is 19.6 Å². The molecule has 126 valence electrons. The van der Waals surface area contributed by atoms with E-state index < -0.39 is 32.1 Å². The Morgan fingerprint density at radius 3 is 2.09 bits per heavy atom. The lowest BCUT2D eigenvalue weighted by Gasteiger charge is -2.45. The van der Waals surface area contributed by atoms with Crippen LogP contribution >= 0.6 is 0 Å². The van der Waals surface area contributed by atoms with Crippen molar-refractivity contribution < 1.29 is 23.9 Å². The minimum Gasteiger partial charge on any atom is -0.465 e. The number of ether oxygens (including phenoxy) is 2. The molecule has 22 heavy (non-hydrogen) atoms. The summed E-state index contributed by atoms with van der Waals surface area (Å²) in [4.78, 5) is 37.0. The molecule has 0 aromatic carbocycles. The summed E-state index contributed by atoms with van der Waals surface area (Å²) in [5, 5.41) is 0. The van der Waals surface area contributed by atoms with Crippen molar-refractivity contribution >= 4 is 26.1 Å². The third-order valence-corrected chi connectivity index (χ3v) is 5.71. The molecule has 1 amide bonds. The lowest BCUT2D eigenvalue weighted by Crippen LogP contribution is -2.61. The lowest BCUT2D eigenvalue weighted by molar-refractivity contribution is -0.165. The van der Waals surface area contributed by atoms with Gasteiger partial charge in [-0.1, -0.05) is 19.6 Å². The minimum atomic E-state index is -2.01. The third-order valence-electron chi connectivity index (χ3n) is 3.68. The SMILES string of the molecule is CCOC(=O)C(C(=O)OCC)C1CCCC(=O)N1[Si](C)(C)C. The summed E-state index contributed by atoms with van der Waals surface area (Å²) in [7, 11) is -2.01. The highest BCUT2D eigenvalue weighted by molar-refractivity contribution is 6.75. The molecule has 1 saturated heterocycles. The standard InChI is InChI=1S/C15H27NO5Si/c1-6-20-14(18)13(15(19)21-7-2)11-9-8-10-12(17)16(11)22(3,4)5/h11,13H,6-10H2,1-5H3. The normalized spacial score (nSPS) is 19.3. The van der Waals surface area contributed by atoms with Gasteiger partial charge in [-0.2, -0.15) is 0 Å². The van der Waals surface area contributed by atoms with Gasteiger partial charge in [0.1, 0.15) is 0 Å². The fourth-order valence-corrected chi connectivity index (χ4v) is 5.09. The van der Waals surface area contributed by atoms with Crippen molar-refractivity contribution in [1.82, 2.24) is 4.57 Å². The predicted octanol–water partition coefficient (Wildman–Crippen LogP) is 1.94. The van der Waals surface area contributed by atoms with Crippen LogP contribution in [0.1, 0.15) is 33.1 Å². The van der Waals surface area contributed by atoms with Crippen molar-refractivity contribution in [3.05, 3.63) is 0 Å². The first-order valence-electron chi connectivity index (χ1n) is 7.89. The minimum absolute atomic E-state index is 0.0222. The first-order chi connectivity index (χ1) is 10.2. The van der Waals surface area contributed by atoms with Crippen molar-refractivity contribution in [2.24, 2.45) is 5.92 Å². The number of rotatable bonds is 6. The molecule has 1 aliphatic rings. The molecule has 0 N–H and O–H groups in total. The van der Waals surface area contributed by atoms with E-state index in [4.69, 9.17) is 9.47 Å². The van der Waals surface area contributed by atoms with Gasteiger partial charge in [-0.15, -0.1) is 0 Å². The quantitative estimate of drug-likeness (QED) is 0.423. The molecular weight excluding hydrogens is 302 g/mol. The summed E-state index contributed by atoms with van der Waals surface area (Å²) >= 11 is 0. The Hall–Kier alpha value is -1.37. The fraction of sp³-hybridized carbons (Fsp3) is 0.800. The number of amides is 1. The topological polar surface area (TPSA) is 72.9 Å². The summed E-state index contributed by atoms with van der Waals surface area (Å²) in [5.41, 5.74) is 0. The summed E-state index contributed by atoms with van der Waals surface area (Å²) in [6.45, 7) is 9.90. The van der Waals surface area contributed by atoms with Gasteiger partial charge in [0.15, 0.2) is 14.2 Å². The van der Waals surface area contributed by atoms with Crippen molar-refractivity contribution in [1.29, 1.82) is 0 Å². The zero-order valence-electron chi connectivity index (χ0n) is 14.2. The molecule has 6 nitrogen and oxygen atoms in total. The van der Waals surface area contributed by atoms with Crippen LogP contribution in [0.5, 0.6) is 0 Å². The zero-order chi connectivity index (χ0) is 16.9. The molecule has 0 aromatic heterocycles. The number of nitrogens with zero attached hydrogens (tertiary/aromatic N) is 1. The van der Waals surface area contributed by atoms with E-state index in [1.165, 1.54) is 0 Å². The summed E-state index contributed by atoms with van der Waals surface area (Å²) < 4.78 is 11.9. The van der Waals surface area contributed by atoms with Crippen molar-refractivity contribution in [2.45, 2.75) is 58.8 Å². The molecule has 1 atom stereocenters. The van der Waals surface area contributed by atoms with Gasteiger partial charge in [-0.3, -0.25) is 14.4 Å². The van der Waals surface area contributed by atoms with Crippen LogP contribution in [0.25, 0.3) is 0 Å². The van der Waals surface area contributed by atoms with Crippen LogP contribution in [-0.4, -0.2) is 49.9 Å². The number of piperidine rings is 1. The maximum absolute atomic E-state index is 12.4. The number of hydrogen-bond acceptors (Lipinski definition) is 5. The highest BCUT2D eigenvalue weighted by Gasteiger charge is 2.47. The second-order valence-corrected chi connectivity index (χ2v) is 11.2. The lowest BCUT2D eigenvalue weighted by atomic mass is 9.91. The molecule has 1 fully saturated rings. The second kappa shape index (κ2) is 7.76. The number of esters is 2. The number of hydrogen-bond donors (Lipinski definition) is 0. The zero-order valence-corrected chi connectivity index (χ0v) is 15.2. The van der Waals surface area contributed by atoms with Crippen molar-refractivity contribution in [3.63, 3.8) is 0 Å². The fourth-order valence-electron chi connectivity index (χ4n) is 2.96. The maximum atomic E-state index is 12.4. The van der Waals surface area contributed by atoms with Gasteiger partial charge in [0.25, 0.3) is 0 Å². The van der Waals surface area contributed by atoms with E-state index in [0.717, 1.165) is 0 Å². The van der Waals surface area contributed by atoms with Crippen LogP contribution in [0.3, 0.4) is 0 Å². The number of carbonyl (C=O) groups is 3. The van der Waals surface area contributed by atoms with E-state index in [0.29, 0.717) is 19.3 Å². The highest BCUT2D eigenvalue weighted by Crippen LogP contribution is 2.30. The van der Waals surface area contributed by atoms with E-state index in [1.54, 1.807) is 18.4 Å². The molecular formula is C15H27NO5Si. The summed E-state index contributed by atoms with van der Waals surface area (Å²) in [6, 6.07) is -0.453. The predicted molar refractivity (Wildman–Crippen MR) is 84.6 cm³/mol. The molecule has 0 radical (unpaired) electrons. The Balaban J connectivity index is 3.16. The summed E-state index contributed by atoms with van der Waals surface area (Å²) in [6.07, 6.45) is 1.78. The van der Waals surface area contributed by atoms with Crippen LogP contribution in [0.4, 0.5) is 0 Å². The Labute approximate surface area is 133 Å². The average Bonchev–Trinajstić information content (AvgIpc) is 2.38. The Bertz CT molecular complexity index is 414. The van der Waals surface area contributed by atoms with Crippen LogP contribution in [0, 0.1) is 5.92 Å². The van der Waals surface area contributed by atoms with E-state index in [-0.39, 0.29) is 19.1 Å². The molecule has 0 bridgehead atoms. The molecule has 0 spiro atoms. The molecule has 0 saturated carbocycles. The molecule has 0 aliphatic carbocycles. The first kappa shape index (κ1) is 18.7. The second-order valence-electron chi connectivity index (χ2n) is 6.38. The van der Waals surface area contributed by atoms with Crippen LogP contribution < -0.4 is 0 Å². The largest absolute Gasteiger partial charge is 0.465 e. The van der Waals surface area contributed by atoms with Crippen LogP contribution in [0.15, 0.2) is 0 Å². The summed E-state index contributed by atoms with van der Waals surface area (Å²) in [5.74, 6) is -2.21. The Kier molecular flexibility index (Phi) is 6.59. The Morgan fingerprint density at radius 1 is 1.18 bits per heavy atom. The first-order valence-corrected chi connectivity index (χ1v) is 11.3. The van der Waals surface area contributed by atoms with Gasteiger partial charge in [0.05, 0.1) is 13.2 Å². The van der Waals surface area contributed by atoms with Crippen molar-refractivity contribution in [2.75, 3.05) is 13.2 Å². The van der Waals surface area contributed by atoms with Gasteiger partial charge in [0.2, 0.25) is 5.91 Å². The molecule has 1 rings (SSSR count). The third kappa shape index (κ3) is 4.31. The van der Waals surface area contributed by atoms with Gasteiger partial charge in [-0.25, -0.2) is 0 Å². The monoisotopic (exact) mass is 329 g/mol. The van der Waals surface area contributed by atoms with Gasteiger partial charge in [-0.05, 0) is 26.7 Å². The molecule has 1 unspecified atom stereocenters. The smallest absolute Gasteiger partial charge is 0.322 e. The van der Waals surface area contributed by atoms with Crippen molar-refractivity contribution in [3.8, 4) is 0 Å². The van der Waals surface area contributed by atoms with Crippen LogP contribution in [-0.2, 0) is 23.9 Å². The van der Waals surface area contributed by atoms with Crippen LogP contribution in [0.2, 0.25) is 19.6 Å². The molecule has 0 aromatic rings. The maximum Gasteiger partial charge on any atom is 0.322 e. The molecule has 1 heterocycles.